The van der Waals surface area contributed by atoms with Crippen molar-refractivity contribution in [1.82, 2.24) is 25.4 Å². The first kappa shape index (κ1) is 19.1. The fourth-order valence-electron chi connectivity index (χ4n) is 3.27. The molecule has 7 nitrogen and oxygen atoms in total. The molecule has 7 heteroatoms. The Morgan fingerprint density at radius 2 is 2.26 bits per heavy atom. The molecule has 1 saturated heterocycles. The standard InChI is InChI=1S/C20H27N5O2/c1-14(2)7-9-22-19(26)16-6-4-10-25(13-16)20(27)18-11-17(23-24-18)15-5-3-8-21-12-15/h3,5,8,11-12,14,16H,4,6-7,9-10,13H2,1-2H3,(H,22,26)(H,23,24)/t16-/m1/s1. The second-order valence-electron chi connectivity index (χ2n) is 7.47. The number of hydrogen-bond acceptors (Lipinski definition) is 4. The lowest BCUT2D eigenvalue weighted by Crippen LogP contribution is -2.45. The molecular formula is C20H27N5O2. The van der Waals surface area contributed by atoms with Gasteiger partial charge in [0.05, 0.1) is 11.6 Å². The molecule has 2 amide bonds. The minimum atomic E-state index is -0.143. The molecule has 1 aliphatic heterocycles. The summed E-state index contributed by atoms with van der Waals surface area (Å²) in [5, 5.41) is 10.0. The van der Waals surface area contributed by atoms with Gasteiger partial charge in [0.25, 0.3) is 5.91 Å². The number of nitrogens with zero attached hydrogens (tertiary/aromatic N) is 3. The van der Waals surface area contributed by atoms with Gasteiger partial charge in [0.15, 0.2) is 0 Å². The van der Waals surface area contributed by atoms with Gasteiger partial charge in [-0.1, -0.05) is 13.8 Å². The van der Waals surface area contributed by atoms with Gasteiger partial charge in [-0.2, -0.15) is 5.10 Å². The maximum absolute atomic E-state index is 12.8. The van der Waals surface area contributed by atoms with Crippen molar-refractivity contribution < 1.29 is 9.59 Å². The third kappa shape index (κ3) is 4.93. The lowest BCUT2D eigenvalue weighted by molar-refractivity contribution is -0.126. The van der Waals surface area contributed by atoms with Gasteiger partial charge < -0.3 is 10.2 Å². The molecule has 2 N–H and O–H groups in total. The Labute approximate surface area is 159 Å². The van der Waals surface area contributed by atoms with Crippen molar-refractivity contribution in [3.63, 3.8) is 0 Å². The molecule has 1 atom stereocenters. The van der Waals surface area contributed by atoms with Gasteiger partial charge >= 0.3 is 0 Å². The van der Waals surface area contributed by atoms with Gasteiger partial charge in [-0.15, -0.1) is 0 Å². The number of carbonyl (C=O) groups excluding carboxylic acids is 2. The maximum atomic E-state index is 12.8. The molecule has 0 bridgehead atoms. The van der Waals surface area contributed by atoms with Crippen molar-refractivity contribution in [2.45, 2.75) is 33.1 Å². The zero-order chi connectivity index (χ0) is 19.2. The van der Waals surface area contributed by atoms with Crippen LogP contribution < -0.4 is 5.32 Å². The minimum absolute atomic E-state index is 0.0498. The van der Waals surface area contributed by atoms with Gasteiger partial charge in [-0.25, -0.2) is 0 Å². The fourth-order valence-corrected chi connectivity index (χ4v) is 3.27. The van der Waals surface area contributed by atoms with Crippen LogP contribution in [0.4, 0.5) is 0 Å². The van der Waals surface area contributed by atoms with Crippen LogP contribution in [0.2, 0.25) is 0 Å². The highest BCUT2D eigenvalue weighted by Crippen LogP contribution is 2.21. The van der Waals surface area contributed by atoms with Crippen LogP contribution in [-0.4, -0.2) is 51.5 Å². The third-order valence-corrected chi connectivity index (χ3v) is 4.87. The van der Waals surface area contributed by atoms with Crippen LogP contribution in [0, 0.1) is 11.8 Å². The molecule has 0 spiro atoms. The van der Waals surface area contributed by atoms with E-state index in [0.717, 1.165) is 24.8 Å². The first-order chi connectivity index (χ1) is 13.0. The molecule has 27 heavy (non-hydrogen) atoms. The molecule has 1 aliphatic rings. The van der Waals surface area contributed by atoms with Gasteiger partial charge in [0.2, 0.25) is 5.91 Å². The molecule has 0 aromatic carbocycles. The smallest absolute Gasteiger partial charge is 0.271 e. The minimum Gasteiger partial charge on any atom is -0.356 e. The summed E-state index contributed by atoms with van der Waals surface area (Å²) < 4.78 is 0. The summed E-state index contributed by atoms with van der Waals surface area (Å²) in [4.78, 5) is 31.0. The highest BCUT2D eigenvalue weighted by molar-refractivity contribution is 5.94. The second kappa shape index (κ2) is 8.79. The molecular weight excluding hydrogens is 342 g/mol. The van der Waals surface area contributed by atoms with E-state index in [1.165, 1.54) is 0 Å². The zero-order valence-corrected chi connectivity index (χ0v) is 15.9. The summed E-state index contributed by atoms with van der Waals surface area (Å²) >= 11 is 0. The Morgan fingerprint density at radius 1 is 1.41 bits per heavy atom. The molecule has 2 aromatic heterocycles. The molecule has 1 fully saturated rings. The predicted molar refractivity (Wildman–Crippen MR) is 103 cm³/mol. The van der Waals surface area contributed by atoms with Crippen molar-refractivity contribution in [2.75, 3.05) is 19.6 Å². The van der Waals surface area contributed by atoms with Crippen molar-refractivity contribution in [2.24, 2.45) is 11.8 Å². The number of carbonyl (C=O) groups is 2. The van der Waals surface area contributed by atoms with E-state index in [1.54, 1.807) is 23.4 Å². The first-order valence-electron chi connectivity index (χ1n) is 9.57. The van der Waals surface area contributed by atoms with E-state index >= 15 is 0 Å². The first-order valence-corrected chi connectivity index (χ1v) is 9.57. The Bertz CT molecular complexity index is 772. The van der Waals surface area contributed by atoms with Crippen LogP contribution in [0.1, 0.15) is 43.6 Å². The number of H-pyrrole nitrogens is 1. The highest BCUT2D eigenvalue weighted by atomic mass is 16.2. The van der Waals surface area contributed by atoms with Crippen LogP contribution in [0.25, 0.3) is 11.3 Å². The molecule has 2 aromatic rings. The summed E-state index contributed by atoms with van der Waals surface area (Å²) in [5.74, 6) is 0.353. The number of rotatable bonds is 6. The van der Waals surface area contributed by atoms with Crippen molar-refractivity contribution in [3.8, 4) is 11.3 Å². The van der Waals surface area contributed by atoms with E-state index in [0.29, 0.717) is 36.9 Å². The number of hydrogen-bond donors (Lipinski definition) is 2. The quantitative estimate of drug-likeness (QED) is 0.818. The number of aromatic amines is 1. The fraction of sp³-hybridized carbons (Fsp3) is 0.500. The van der Waals surface area contributed by atoms with Gasteiger partial charge in [0.1, 0.15) is 5.69 Å². The second-order valence-corrected chi connectivity index (χ2v) is 7.47. The third-order valence-electron chi connectivity index (χ3n) is 4.87. The average Bonchev–Trinajstić information content (AvgIpc) is 3.18. The lowest BCUT2D eigenvalue weighted by atomic mass is 9.96. The molecule has 0 unspecified atom stereocenters. The molecule has 3 rings (SSSR count). The van der Waals surface area contributed by atoms with Crippen LogP contribution in [0.5, 0.6) is 0 Å². The van der Waals surface area contributed by atoms with Gasteiger partial charge in [-0.3, -0.25) is 19.7 Å². The van der Waals surface area contributed by atoms with E-state index in [2.05, 4.69) is 34.3 Å². The summed E-state index contributed by atoms with van der Waals surface area (Å²) in [6.07, 6.45) is 6.02. The summed E-state index contributed by atoms with van der Waals surface area (Å²) in [7, 11) is 0. The topological polar surface area (TPSA) is 91.0 Å². The monoisotopic (exact) mass is 369 g/mol. The Hall–Kier alpha value is -2.70. The lowest BCUT2D eigenvalue weighted by Gasteiger charge is -2.31. The van der Waals surface area contributed by atoms with Crippen LogP contribution >= 0.6 is 0 Å². The van der Waals surface area contributed by atoms with Crippen molar-refractivity contribution in [3.05, 3.63) is 36.3 Å². The highest BCUT2D eigenvalue weighted by Gasteiger charge is 2.29. The SMILES string of the molecule is CC(C)CCNC(=O)[C@@H]1CCCN(C(=O)c2cc(-c3cccnc3)n[nH]2)C1. The number of nitrogens with one attached hydrogen (secondary N) is 2. The number of pyridine rings is 1. The Balaban J connectivity index is 1.60. The van der Waals surface area contributed by atoms with E-state index in [-0.39, 0.29) is 17.7 Å². The molecule has 0 radical (unpaired) electrons. The Morgan fingerprint density at radius 3 is 3.00 bits per heavy atom. The van der Waals surface area contributed by atoms with Crippen molar-refractivity contribution in [1.29, 1.82) is 0 Å². The van der Waals surface area contributed by atoms with E-state index in [9.17, 15) is 9.59 Å². The summed E-state index contributed by atoms with van der Waals surface area (Å²) in [6.45, 7) is 6.08. The van der Waals surface area contributed by atoms with E-state index < -0.39 is 0 Å². The molecule has 0 saturated carbocycles. The predicted octanol–water partition coefficient (Wildman–Crippen LogP) is 2.49. The largest absolute Gasteiger partial charge is 0.356 e. The molecule has 0 aliphatic carbocycles. The average molecular weight is 369 g/mol. The number of amides is 2. The van der Waals surface area contributed by atoms with Crippen LogP contribution in [0.3, 0.4) is 0 Å². The number of aromatic nitrogens is 3. The van der Waals surface area contributed by atoms with Crippen LogP contribution in [0.15, 0.2) is 30.6 Å². The van der Waals surface area contributed by atoms with Gasteiger partial charge in [-0.05, 0) is 43.4 Å². The number of piperidine rings is 1. The summed E-state index contributed by atoms with van der Waals surface area (Å²) in [5.41, 5.74) is 1.98. The maximum Gasteiger partial charge on any atom is 0.271 e. The molecule has 3 heterocycles. The van der Waals surface area contributed by atoms with Crippen LogP contribution in [-0.2, 0) is 4.79 Å². The number of likely N-dealkylation sites (tertiary alicyclic amines) is 1. The zero-order valence-electron chi connectivity index (χ0n) is 15.9. The van der Waals surface area contributed by atoms with Gasteiger partial charge in [0, 0.05) is 37.6 Å². The summed E-state index contributed by atoms with van der Waals surface area (Å²) in [6, 6.07) is 5.47. The van der Waals surface area contributed by atoms with Crippen molar-refractivity contribution >= 4 is 11.8 Å². The Kier molecular flexibility index (Phi) is 6.21. The normalized spacial score (nSPS) is 17.1. The molecule has 144 valence electrons. The van der Waals surface area contributed by atoms with E-state index in [1.807, 2.05) is 12.1 Å². The van der Waals surface area contributed by atoms with E-state index in [4.69, 9.17) is 0 Å².